The summed E-state index contributed by atoms with van der Waals surface area (Å²) in [7, 11) is 1.61. The van der Waals surface area contributed by atoms with Gasteiger partial charge in [-0.2, -0.15) is 0 Å². The van der Waals surface area contributed by atoms with Crippen LogP contribution in [-0.4, -0.2) is 32.4 Å². The third-order valence-electron chi connectivity index (χ3n) is 2.80. The normalized spacial score (nSPS) is 19.2. The summed E-state index contributed by atoms with van der Waals surface area (Å²) in [5.41, 5.74) is 0.713. The summed E-state index contributed by atoms with van der Waals surface area (Å²) in [6.07, 6.45) is 1.27. The van der Waals surface area contributed by atoms with Crippen LogP contribution in [0, 0.1) is 0 Å². The molecule has 0 aromatic heterocycles. The first kappa shape index (κ1) is 12.1. The van der Waals surface area contributed by atoms with Gasteiger partial charge in [0.2, 0.25) is 0 Å². The molecule has 1 aromatic rings. The maximum absolute atomic E-state index is 11.9. The summed E-state index contributed by atoms with van der Waals surface area (Å²) in [5.74, 6) is 0.886. The van der Waals surface area contributed by atoms with E-state index in [-0.39, 0.29) is 11.9 Å². The Morgan fingerprint density at radius 2 is 2.18 bits per heavy atom. The van der Waals surface area contributed by atoms with Crippen molar-refractivity contribution in [2.75, 3.05) is 20.5 Å². The second-order valence-electron chi connectivity index (χ2n) is 3.97. The molecule has 0 N–H and O–H groups in total. The van der Waals surface area contributed by atoms with Crippen molar-refractivity contribution in [1.82, 2.24) is 0 Å². The molecule has 17 heavy (non-hydrogen) atoms. The molecule has 1 saturated heterocycles. The first-order valence-electron chi connectivity index (χ1n) is 5.66. The Kier molecular flexibility index (Phi) is 4.12. The van der Waals surface area contributed by atoms with Crippen molar-refractivity contribution in [2.24, 2.45) is 0 Å². The van der Waals surface area contributed by atoms with Crippen LogP contribution >= 0.6 is 0 Å². The molecule has 1 atom stereocenters. The fourth-order valence-corrected chi connectivity index (χ4v) is 1.75. The molecule has 4 nitrogen and oxygen atoms in total. The molecule has 1 fully saturated rings. The van der Waals surface area contributed by atoms with Gasteiger partial charge >= 0.3 is 0 Å². The zero-order chi connectivity index (χ0) is 12.1. The molecule has 1 aromatic carbocycles. The molecular weight excluding hydrogens is 220 g/mol. The highest BCUT2D eigenvalue weighted by atomic mass is 16.7. The number of hydrogen-bond donors (Lipinski definition) is 0. The van der Waals surface area contributed by atoms with E-state index in [4.69, 9.17) is 14.2 Å². The highest BCUT2D eigenvalue weighted by Crippen LogP contribution is 2.15. The average Bonchev–Trinajstić information content (AvgIpc) is 2.89. The lowest BCUT2D eigenvalue weighted by Crippen LogP contribution is -2.12. The van der Waals surface area contributed by atoms with Crippen LogP contribution in [0.3, 0.4) is 0 Å². The third-order valence-corrected chi connectivity index (χ3v) is 2.80. The molecule has 0 radical (unpaired) electrons. The molecule has 0 spiro atoms. The Hall–Kier alpha value is -1.39. The van der Waals surface area contributed by atoms with E-state index >= 15 is 0 Å². The molecule has 0 saturated carbocycles. The maximum atomic E-state index is 11.9. The quantitative estimate of drug-likeness (QED) is 0.734. The van der Waals surface area contributed by atoms with Gasteiger partial charge in [-0.3, -0.25) is 4.79 Å². The number of rotatable bonds is 5. The highest BCUT2D eigenvalue weighted by Gasteiger charge is 2.17. The van der Waals surface area contributed by atoms with Crippen molar-refractivity contribution in [3.05, 3.63) is 29.8 Å². The molecule has 1 unspecified atom stereocenters. The highest BCUT2D eigenvalue weighted by molar-refractivity contribution is 5.96. The molecule has 1 heterocycles. The Morgan fingerprint density at radius 3 is 2.76 bits per heavy atom. The lowest BCUT2D eigenvalue weighted by molar-refractivity contribution is 0.0437. The first-order valence-corrected chi connectivity index (χ1v) is 5.66. The van der Waals surface area contributed by atoms with Crippen molar-refractivity contribution < 1.29 is 19.0 Å². The number of Topliss-reactive ketones (excluding diaryl/α,β-unsaturated/α-hetero) is 1. The van der Waals surface area contributed by atoms with Gasteiger partial charge in [-0.25, -0.2) is 0 Å². The van der Waals surface area contributed by atoms with Crippen molar-refractivity contribution >= 4 is 5.78 Å². The summed E-state index contributed by atoms with van der Waals surface area (Å²) in [6.45, 7) is 0.942. The van der Waals surface area contributed by atoms with Crippen LogP contribution in [0.4, 0.5) is 0 Å². The predicted molar refractivity (Wildman–Crippen MR) is 62.3 cm³/mol. The van der Waals surface area contributed by atoms with E-state index in [0.29, 0.717) is 31.8 Å². The second-order valence-corrected chi connectivity index (χ2v) is 3.97. The molecule has 1 aliphatic heterocycles. The van der Waals surface area contributed by atoms with E-state index < -0.39 is 0 Å². The van der Waals surface area contributed by atoms with E-state index in [0.717, 1.165) is 5.75 Å². The monoisotopic (exact) mass is 236 g/mol. The summed E-state index contributed by atoms with van der Waals surface area (Å²) in [4.78, 5) is 11.9. The minimum absolute atomic E-state index is 0.0669. The molecule has 2 rings (SSSR count). The van der Waals surface area contributed by atoms with Gasteiger partial charge in [0, 0.05) is 12.0 Å². The average molecular weight is 236 g/mol. The molecular formula is C13H16O4. The molecule has 0 aliphatic carbocycles. The smallest absolute Gasteiger partial charge is 0.162 e. The SMILES string of the molecule is COc1ccc(C(=O)CCC2COCO2)cc1. The Bertz CT molecular complexity index is 366. The van der Waals surface area contributed by atoms with Gasteiger partial charge in [-0.15, -0.1) is 0 Å². The summed E-state index contributed by atoms with van der Waals surface area (Å²) < 4.78 is 15.4. The summed E-state index contributed by atoms with van der Waals surface area (Å²) in [6, 6.07) is 7.16. The number of methoxy groups -OCH3 is 1. The van der Waals surface area contributed by atoms with Gasteiger partial charge in [0.1, 0.15) is 12.5 Å². The van der Waals surface area contributed by atoms with Crippen LogP contribution in [0.2, 0.25) is 0 Å². The number of carbonyl (C=O) groups excluding carboxylic acids is 1. The fourth-order valence-electron chi connectivity index (χ4n) is 1.75. The summed E-state index contributed by atoms with van der Waals surface area (Å²) >= 11 is 0. The van der Waals surface area contributed by atoms with Gasteiger partial charge < -0.3 is 14.2 Å². The summed E-state index contributed by atoms with van der Waals surface area (Å²) in [5, 5.41) is 0. The van der Waals surface area contributed by atoms with Crippen LogP contribution < -0.4 is 4.74 Å². The van der Waals surface area contributed by atoms with Crippen molar-refractivity contribution in [3.8, 4) is 5.75 Å². The zero-order valence-electron chi connectivity index (χ0n) is 9.85. The molecule has 0 bridgehead atoms. The second kappa shape index (κ2) is 5.80. The number of hydrogen-bond acceptors (Lipinski definition) is 4. The first-order chi connectivity index (χ1) is 8.29. The van der Waals surface area contributed by atoms with E-state index in [2.05, 4.69) is 0 Å². The van der Waals surface area contributed by atoms with Gasteiger partial charge in [-0.05, 0) is 30.7 Å². The molecule has 0 amide bonds. The van der Waals surface area contributed by atoms with Crippen molar-refractivity contribution in [2.45, 2.75) is 18.9 Å². The van der Waals surface area contributed by atoms with Gasteiger partial charge in [0.25, 0.3) is 0 Å². The number of ether oxygens (including phenoxy) is 3. The van der Waals surface area contributed by atoms with E-state index in [1.807, 2.05) is 0 Å². The zero-order valence-corrected chi connectivity index (χ0v) is 9.85. The topological polar surface area (TPSA) is 44.8 Å². The molecule has 1 aliphatic rings. The minimum atomic E-state index is 0.0669. The van der Waals surface area contributed by atoms with Crippen molar-refractivity contribution in [3.63, 3.8) is 0 Å². The third kappa shape index (κ3) is 3.28. The van der Waals surface area contributed by atoms with Crippen LogP contribution in [0.25, 0.3) is 0 Å². The molecule has 92 valence electrons. The van der Waals surface area contributed by atoms with E-state index in [1.165, 1.54) is 0 Å². The van der Waals surface area contributed by atoms with Gasteiger partial charge in [0.15, 0.2) is 5.78 Å². The predicted octanol–water partition coefficient (Wildman–Crippen LogP) is 2.03. The Balaban J connectivity index is 1.85. The number of carbonyl (C=O) groups is 1. The van der Waals surface area contributed by atoms with Gasteiger partial charge in [0.05, 0.1) is 19.8 Å². The Morgan fingerprint density at radius 1 is 1.41 bits per heavy atom. The number of ketones is 1. The largest absolute Gasteiger partial charge is 0.497 e. The lowest BCUT2D eigenvalue weighted by atomic mass is 10.0. The molecule has 4 heteroatoms. The van der Waals surface area contributed by atoms with Crippen molar-refractivity contribution in [1.29, 1.82) is 0 Å². The van der Waals surface area contributed by atoms with Crippen LogP contribution in [0.15, 0.2) is 24.3 Å². The minimum Gasteiger partial charge on any atom is -0.497 e. The lowest BCUT2D eigenvalue weighted by Gasteiger charge is -2.06. The number of benzene rings is 1. The van der Waals surface area contributed by atoms with Crippen LogP contribution in [-0.2, 0) is 9.47 Å². The van der Waals surface area contributed by atoms with Crippen LogP contribution in [0.5, 0.6) is 5.75 Å². The maximum Gasteiger partial charge on any atom is 0.162 e. The van der Waals surface area contributed by atoms with Gasteiger partial charge in [-0.1, -0.05) is 0 Å². The fraction of sp³-hybridized carbons (Fsp3) is 0.462. The van der Waals surface area contributed by atoms with E-state index in [9.17, 15) is 4.79 Å². The van der Waals surface area contributed by atoms with E-state index in [1.54, 1.807) is 31.4 Å². The Labute approximate surface area is 100 Å². The van der Waals surface area contributed by atoms with Crippen LogP contribution in [0.1, 0.15) is 23.2 Å². The standard InChI is InChI=1S/C13H16O4/c1-15-11-4-2-10(3-5-11)13(14)7-6-12-8-16-9-17-12/h2-5,12H,6-9H2,1H3.